The number of anilines is 1. The number of nitrogens with one attached hydrogen (secondary N) is 2. The number of benzene rings is 2. The van der Waals surface area contributed by atoms with Crippen molar-refractivity contribution in [1.82, 2.24) is 14.2 Å². The number of aromatic nitrogens is 1. The van der Waals surface area contributed by atoms with E-state index in [0.29, 0.717) is 39.7 Å². The summed E-state index contributed by atoms with van der Waals surface area (Å²) in [4.78, 5) is 12.4. The molecule has 2 N–H and O–H groups in total. The Kier molecular flexibility index (Phi) is 7.99. The van der Waals surface area contributed by atoms with Crippen molar-refractivity contribution >= 4 is 45.0 Å². The molecule has 3 unspecified atom stereocenters. The summed E-state index contributed by atoms with van der Waals surface area (Å²) in [5.41, 5.74) is 2.28. The number of carbonyl (C=O) groups is 1. The summed E-state index contributed by atoms with van der Waals surface area (Å²) in [7, 11) is -1.40. The summed E-state index contributed by atoms with van der Waals surface area (Å²) in [6.07, 6.45) is 4.82. The molecular formula is C29H31Cl2FN4O5S. The summed E-state index contributed by atoms with van der Waals surface area (Å²) >= 11 is 13.0. The molecule has 4 atom stereocenters. The lowest BCUT2D eigenvalue weighted by Crippen LogP contribution is -2.39. The Labute approximate surface area is 253 Å². The van der Waals surface area contributed by atoms with Crippen LogP contribution in [0.3, 0.4) is 0 Å². The second-order valence-corrected chi connectivity index (χ2v) is 14.1. The second kappa shape index (κ2) is 11.4. The Morgan fingerprint density at radius 2 is 1.88 bits per heavy atom. The van der Waals surface area contributed by atoms with Crippen LogP contribution in [0.25, 0.3) is 11.3 Å². The average Bonchev–Trinajstić information content (AvgIpc) is 3.48. The van der Waals surface area contributed by atoms with Crippen LogP contribution in [0.1, 0.15) is 59.7 Å². The Morgan fingerprint density at radius 1 is 1.14 bits per heavy atom. The van der Waals surface area contributed by atoms with Gasteiger partial charge >= 0.3 is 10.2 Å². The summed E-state index contributed by atoms with van der Waals surface area (Å²) < 4.78 is 54.1. The van der Waals surface area contributed by atoms with E-state index in [2.05, 4.69) is 10.5 Å². The molecule has 3 aromatic rings. The van der Waals surface area contributed by atoms with Crippen LogP contribution in [0.2, 0.25) is 10.0 Å². The van der Waals surface area contributed by atoms with Gasteiger partial charge in [0.2, 0.25) is 0 Å². The van der Waals surface area contributed by atoms with Gasteiger partial charge in [0, 0.05) is 48.7 Å². The molecule has 0 aliphatic heterocycles. The van der Waals surface area contributed by atoms with Crippen LogP contribution in [0, 0.1) is 17.7 Å². The fourth-order valence-electron chi connectivity index (χ4n) is 6.15. The second-order valence-electron chi connectivity index (χ2n) is 11.4. The summed E-state index contributed by atoms with van der Waals surface area (Å²) in [5.74, 6) is 0.0726. The predicted octanol–water partition coefficient (Wildman–Crippen LogP) is 6.00. The van der Waals surface area contributed by atoms with Gasteiger partial charge in [0.15, 0.2) is 0 Å². The SMILES string of the molecule is CN(C)S(=O)(=O)NC(=O)c1ccc(NC2C3CCC2[C@H](OCc2c(-c4c(Cl)cccc4Cl)noc2C2CC2)C3)c(F)c1. The molecule has 1 amide bonds. The minimum atomic E-state index is -3.99. The van der Waals surface area contributed by atoms with Crippen LogP contribution >= 0.6 is 23.2 Å². The van der Waals surface area contributed by atoms with Crippen LogP contribution in [0.5, 0.6) is 0 Å². The van der Waals surface area contributed by atoms with Crippen molar-refractivity contribution in [2.24, 2.45) is 11.8 Å². The molecule has 13 heteroatoms. The van der Waals surface area contributed by atoms with Crippen LogP contribution in [0.4, 0.5) is 10.1 Å². The first-order valence-corrected chi connectivity index (χ1v) is 16.1. The number of nitrogens with zero attached hydrogens (tertiary/aromatic N) is 2. The number of ether oxygens (including phenoxy) is 1. The first-order valence-electron chi connectivity index (χ1n) is 13.9. The number of amides is 1. The van der Waals surface area contributed by atoms with E-state index in [-0.39, 0.29) is 29.3 Å². The molecule has 0 spiro atoms. The third-order valence-electron chi connectivity index (χ3n) is 8.52. The molecule has 2 bridgehead atoms. The minimum absolute atomic E-state index is 0.00107. The molecule has 1 aromatic heterocycles. The third-order valence-corrected chi connectivity index (χ3v) is 10.6. The van der Waals surface area contributed by atoms with Crippen molar-refractivity contribution in [3.05, 3.63) is 69.1 Å². The zero-order valence-electron chi connectivity index (χ0n) is 23.1. The number of carbonyl (C=O) groups excluding carboxylic acids is 1. The van der Waals surface area contributed by atoms with Gasteiger partial charge in [-0.05, 0) is 68.4 Å². The highest BCUT2D eigenvalue weighted by Gasteiger charge is 2.49. The van der Waals surface area contributed by atoms with E-state index in [1.165, 1.54) is 26.2 Å². The van der Waals surface area contributed by atoms with Gasteiger partial charge < -0.3 is 14.6 Å². The molecule has 3 aliphatic rings. The molecular weight excluding hydrogens is 606 g/mol. The van der Waals surface area contributed by atoms with Gasteiger partial charge in [-0.1, -0.05) is 34.4 Å². The maximum absolute atomic E-state index is 15.1. The van der Waals surface area contributed by atoms with E-state index in [1.54, 1.807) is 18.2 Å². The number of rotatable bonds is 10. The maximum atomic E-state index is 15.1. The standard InChI is InChI=1S/C29H31Cl2FN4O5S/c1-36(2)42(38,39)35-29(37)17-9-11-23(22(32)12-17)33-26-16-8-10-18(26)24(13-16)40-14-19-27(34-41-28(19)15-6-7-15)25-20(30)4-3-5-21(25)31/h3-5,9,11-12,15-16,18,24,26,33H,6-8,10,13-14H2,1-2H3,(H,35,37)/t16?,18?,24-,26?/m1/s1. The van der Waals surface area contributed by atoms with Gasteiger partial charge in [-0.25, -0.2) is 9.11 Å². The number of hydrogen-bond acceptors (Lipinski definition) is 7. The van der Waals surface area contributed by atoms with Crippen LogP contribution in [0.15, 0.2) is 40.9 Å². The van der Waals surface area contributed by atoms with Gasteiger partial charge in [-0.2, -0.15) is 12.7 Å². The van der Waals surface area contributed by atoms with Crippen molar-refractivity contribution in [3.8, 4) is 11.3 Å². The minimum Gasteiger partial charge on any atom is -0.379 e. The zero-order chi connectivity index (χ0) is 29.8. The third kappa shape index (κ3) is 5.65. The topological polar surface area (TPSA) is 114 Å². The first-order chi connectivity index (χ1) is 20.0. The van der Waals surface area contributed by atoms with Crippen molar-refractivity contribution in [2.45, 2.75) is 56.8 Å². The Morgan fingerprint density at radius 3 is 2.55 bits per heavy atom. The summed E-state index contributed by atoms with van der Waals surface area (Å²) in [5, 5.41) is 8.68. The highest BCUT2D eigenvalue weighted by Crippen LogP contribution is 2.49. The van der Waals surface area contributed by atoms with Gasteiger partial charge in [-0.15, -0.1) is 0 Å². The van der Waals surface area contributed by atoms with E-state index in [4.69, 9.17) is 32.5 Å². The van der Waals surface area contributed by atoms with Crippen LogP contribution in [-0.2, 0) is 21.6 Å². The molecule has 3 fully saturated rings. The Bertz CT molecular complexity index is 1610. The molecule has 2 aromatic carbocycles. The molecule has 42 heavy (non-hydrogen) atoms. The normalized spacial score (nSPS) is 23.5. The van der Waals surface area contributed by atoms with E-state index in [9.17, 15) is 13.2 Å². The van der Waals surface area contributed by atoms with Gasteiger partial charge in [-0.3, -0.25) is 4.79 Å². The lowest BCUT2D eigenvalue weighted by atomic mass is 9.97. The molecule has 9 nitrogen and oxygen atoms in total. The molecule has 0 saturated heterocycles. The van der Waals surface area contributed by atoms with E-state index < -0.39 is 21.9 Å². The molecule has 6 rings (SSSR count). The van der Waals surface area contributed by atoms with E-state index in [0.717, 1.165) is 53.8 Å². The van der Waals surface area contributed by atoms with Gasteiger partial charge in [0.25, 0.3) is 5.91 Å². The Balaban J connectivity index is 1.15. The number of hydrogen-bond donors (Lipinski definition) is 2. The Hall–Kier alpha value is -2.70. The fraction of sp³-hybridized carbons (Fsp3) is 0.448. The molecule has 1 heterocycles. The molecule has 3 aliphatic carbocycles. The summed E-state index contributed by atoms with van der Waals surface area (Å²) in [6, 6.07) is 9.25. The van der Waals surface area contributed by atoms with Gasteiger partial charge in [0.1, 0.15) is 17.3 Å². The predicted molar refractivity (Wildman–Crippen MR) is 157 cm³/mol. The van der Waals surface area contributed by atoms with Crippen molar-refractivity contribution < 1.29 is 26.9 Å². The highest BCUT2D eigenvalue weighted by molar-refractivity contribution is 7.87. The zero-order valence-corrected chi connectivity index (χ0v) is 25.4. The van der Waals surface area contributed by atoms with Crippen molar-refractivity contribution in [2.75, 3.05) is 19.4 Å². The lowest BCUT2D eigenvalue weighted by molar-refractivity contribution is 0.00411. The molecule has 0 radical (unpaired) electrons. The molecule has 3 saturated carbocycles. The lowest BCUT2D eigenvalue weighted by Gasteiger charge is -2.24. The monoisotopic (exact) mass is 636 g/mol. The average molecular weight is 638 g/mol. The smallest absolute Gasteiger partial charge is 0.303 e. The maximum Gasteiger partial charge on any atom is 0.303 e. The van der Waals surface area contributed by atoms with Gasteiger partial charge in [0.05, 0.1) is 28.4 Å². The summed E-state index contributed by atoms with van der Waals surface area (Å²) in [6.45, 7) is 0.306. The van der Waals surface area contributed by atoms with Crippen LogP contribution < -0.4 is 10.0 Å². The highest BCUT2D eigenvalue weighted by atomic mass is 35.5. The first kappa shape index (κ1) is 29.4. The molecule has 224 valence electrons. The number of fused-ring (bicyclic) bond motifs is 2. The quantitative estimate of drug-likeness (QED) is 0.281. The fourth-order valence-corrected chi connectivity index (χ4v) is 7.26. The largest absolute Gasteiger partial charge is 0.379 e. The van der Waals surface area contributed by atoms with E-state index in [1.807, 2.05) is 4.72 Å². The van der Waals surface area contributed by atoms with Crippen molar-refractivity contribution in [3.63, 3.8) is 0 Å². The van der Waals surface area contributed by atoms with Crippen LogP contribution in [-0.4, -0.2) is 50.0 Å². The number of halogens is 3. The van der Waals surface area contributed by atoms with Crippen molar-refractivity contribution in [1.29, 1.82) is 0 Å². The van der Waals surface area contributed by atoms with E-state index >= 15 is 4.39 Å².